The van der Waals surface area contributed by atoms with Crippen LogP contribution in [-0.2, 0) is 5.88 Å². The van der Waals surface area contributed by atoms with Gasteiger partial charge in [0.1, 0.15) is 11.5 Å². The lowest BCUT2D eigenvalue weighted by Gasteiger charge is -2.16. The summed E-state index contributed by atoms with van der Waals surface area (Å²) in [7, 11) is 0. The lowest BCUT2D eigenvalue weighted by atomic mass is 10.0. The molecule has 0 saturated heterocycles. The maximum absolute atomic E-state index is 6.14. The molecule has 20 heavy (non-hydrogen) atoms. The Morgan fingerprint density at radius 1 is 0.950 bits per heavy atom. The smallest absolute Gasteiger partial charge is 0.131 e. The summed E-state index contributed by atoms with van der Waals surface area (Å²) in [6, 6.07) is 12.5. The van der Waals surface area contributed by atoms with Crippen molar-refractivity contribution >= 4 is 11.6 Å². The molecule has 2 aromatic carbocycles. The number of ether oxygens (including phenoxy) is 1. The third-order valence-electron chi connectivity index (χ3n) is 3.37. The summed E-state index contributed by atoms with van der Waals surface area (Å²) >= 11 is 6.02. The minimum absolute atomic E-state index is 0.426. The molecule has 0 saturated carbocycles. The van der Waals surface area contributed by atoms with E-state index in [1.807, 2.05) is 6.07 Å². The molecule has 0 N–H and O–H groups in total. The number of aryl methyl sites for hydroxylation is 2. The fourth-order valence-corrected chi connectivity index (χ4v) is 2.45. The molecular formula is C18H21ClO. The summed E-state index contributed by atoms with van der Waals surface area (Å²) in [6.45, 7) is 8.49. The number of alkyl halides is 1. The molecule has 1 nitrogen and oxygen atoms in total. The third-order valence-corrected chi connectivity index (χ3v) is 3.66. The number of hydrogen-bond acceptors (Lipinski definition) is 1. The highest BCUT2D eigenvalue weighted by atomic mass is 35.5. The molecule has 2 rings (SSSR count). The van der Waals surface area contributed by atoms with Crippen molar-refractivity contribution < 1.29 is 4.74 Å². The summed E-state index contributed by atoms with van der Waals surface area (Å²) in [6.07, 6.45) is 0. The van der Waals surface area contributed by atoms with Crippen LogP contribution in [0.2, 0.25) is 0 Å². The van der Waals surface area contributed by atoms with E-state index in [1.54, 1.807) is 0 Å². The summed E-state index contributed by atoms with van der Waals surface area (Å²) in [4.78, 5) is 0. The van der Waals surface area contributed by atoms with Crippen LogP contribution in [0, 0.1) is 13.8 Å². The Bertz CT molecular complexity index is 602. The topological polar surface area (TPSA) is 9.23 Å². The molecule has 0 radical (unpaired) electrons. The molecule has 2 aromatic rings. The Kier molecular flexibility index (Phi) is 4.72. The second kappa shape index (κ2) is 6.32. The van der Waals surface area contributed by atoms with Crippen molar-refractivity contribution in [1.82, 2.24) is 0 Å². The Labute approximate surface area is 126 Å². The van der Waals surface area contributed by atoms with E-state index in [0.717, 1.165) is 17.1 Å². The van der Waals surface area contributed by atoms with E-state index in [2.05, 4.69) is 58.0 Å². The molecule has 0 spiro atoms. The molecule has 0 heterocycles. The zero-order valence-corrected chi connectivity index (χ0v) is 13.3. The average molecular weight is 289 g/mol. The minimum atomic E-state index is 0.426. The third kappa shape index (κ3) is 3.34. The number of halogens is 1. The molecule has 0 bridgehead atoms. The van der Waals surface area contributed by atoms with Crippen LogP contribution in [0.4, 0.5) is 0 Å². The zero-order chi connectivity index (χ0) is 14.7. The van der Waals surface area contributed by atoms with Crippen LogP contribution in [0.15, 0.2) is 36.4 Å². The van der Waals surface area contributed by atoms with Crippen molar-refractivity contribution in [1.29, 1.82) is 0 Å². The standard InChI is InChI=1S/C18H21ClO/c1-12(2)16-7-5-14(4)10-18(16)20-17-8-6-13(3)9-15(17)11-19/h5-10,12H,11H2,1-4H3. The van der Waals surface area contributed by atoms with E-state index in [-0.39, 0.29) is 0 Å². The lowest BCUT2D eigenvalue weighted by Crippen LogP contribution is -1.97. The van der Waals surface area contributed by atoms with Gasteiger partial charge in [-0.1, -0.05) is 43.7 Å². The number of rotatable bonds is 4. The maximum atomic E-state index is 6.14. The summed E-state index contributed by atoms with van der Waals surface area (Å²) in [5.74, 6) is 2.66. The van der Waals surface area contributed by atoms with Crippen LogP contribution in [0.5, 0.6) is 11.5 Å². The SMILES string of the molecule is Cc1ccc(Oc2cc(C)ccc2C(C)C)c(CCl)c1. The van der Waals surface area contributed by atoms with Gasteiger partial charge in [-0.15, -0.1) is 11.6 Å². The van der Waals surface area contributed by atoms with Crippen LogP contribution in [0.25, 0.3) is 0 Å². The fourth-order valence-electron chi connectivity index (χ4n) is 2.24. The number of benzene rings is 2. The van der Waals surface area contributed by atoms with E-state index in [1.165, 1.54) is 16.7 Å². The first-order chi connectivity index (χ1) is 9.51. The van der Waals surface area contributed by atoms with Gasteiger partial charge in [-0.3, -0.25) is 0 Å². The maximum Gasteiger partial charge on any atom is 0.131 e. The van der Waals surface area contributed by atoms with Gasteiger partial charge in [0.05, 0.1) is 5.88 Å². The summed E-state index contributed by atoms with van der Waals surface area (Å²) < 4.78 is 6.14. The second-order valence-electron chi connectivity index (χ2n) is 5.54. The Morgan fingerprint density at radius 2 is 1.60 bits per heavy atom. The van der Waals surface area contributed by atoms with Crippen LogP contribution in [0.3, 0.4) is 0 Å². The van der Waals surface area contributed by atoms with Gasteiger partial charge in [0.2, 0.25) is 0 Å². The molecule has 0 aliphatic rings. The quantitative estimate of drug-likeness (QED) is 0.631. The van der Waals surface area contributed by atoms with E-state index in [0.29, 0.717) is 11.8 Å². The van der Waals surface area contributed by atoms with Crippen molar-refractivity contribution in [3.8, 4) is 11.5 Å². The molecule has 0 aliphatic carbocycles. The molecule has 106 valence electrons. The molecular weight excluding hydrogens is 268 g/mol. The van der Waals surface area contributed by atoms with E-state index in [9.17, 15) is 0 Å². The van der Waals surface area contributed by atoms with Gasteiger partial charge in [-0.2, -0.15) is 0 Å². The Hall–Kier alpha value is -1.47. The van der Waals surface area contributed by atoms with Gasteiger partial charge < -0.3 is 4.74 Å². The van der Waals surface area contributed by atoms with Gasteiger partial charge in [0, 0.05) is 5.56 Å². The van der Waals surface area contributed by atoms with Crippen molar-refractivity contribution in [2.24, 2.45) is 0 Å². The lowest BCUT2D eigenvalue weighted by molar-refractivity contribution is 0.468. The molecule has 0 amide bonds. The second-order valence-corrected chi connectivity index (χ2v) is 5.81. The highest BCUT2D eigenvalue weighted by Crippen LogP contribution is 2.33. The summed E-state index contributed by atoms with van der Waals surface area (Å²) in [5.41, 5.74) is 4.64. The van der Waals surface area contributed by atoms with E-state index >= 15 is 0 Å². The Morgan fingerprint density at radius 3 is 2.25 bits per heavy atom. The number of hydrogen-bond donors (Lipinski definition) is 0. The van der Waals surface area contributed by atoms with Gasteiger partial charge in [0.25, 0.3) is 0 Å². The normalized spacial score (nSPS) is 10.9. The Balaban J connectivity index is 2.41. The van der Waals surface area contributed by atoms with Gasteiger partial charge in [0.15, 0.2) is 0 Å². The van der Waals surface area contributed by atoms with Crippen molar-refractivity contribution in [3.05, 3.63) is 58.7 Å². The summed E-state index contributed by atoms with van der Waals surface area (Å²) in [5, 5.41) is 0. The first kappa shape index (κ1) is 14.9. The van der Waals surface area contributed by atoms with E-state index in [4.69, 9.17) is 16.3 Å². The average Bonchev–Trinajstić information content (AvgIpc) is 2.40. The van der Waals surface area contributed by atoms with Crippen molar-refractivity contribution in [2.45, 2.75) is 39.5 Å². The minimum Gasteiger partial charge on any atom is -0.457 e. The molecule has 0 aromatic heterocycles. The van der Waals surface area contributed by atoms with Crippen molar-refractivity contribution in [3.63, 3.8) is 0 Å². The van der Waals surface area contributed by atoms with E-state index < -0.39 is 0 Å². The van der Waals surface area contributed by atoms with Crippen LogP contribution in [-0.4, -0.2) is 0 Å². The predicted molar refractivity (Wildman–Crippen MR) is 86.1 cm³/mol. The predicted octanol–water partition coefficient (Wildman–Crippen LogP) is 5.96. The molecule has 0 unspecified atom stereocenters. The molecule has 2 heteroatoms. The zero-order valence-electron chi connectivity index (χ0n) is 12.5. The highest BCUT2D eigenvalue weighted by Gasteiger charge is 2.11. The first-order valence-electron chi connectivity index (χ1n) is 6.95. The van der Waals surface area contributed by atoms with Crippen LogP contribution < -0.4 is 4.74 Å². The first-order valence-corrected chi connectivity index (χ1v) is 7.48. The van der Waals surface area contributed by atoms with Crippen LogP contribution >= 0.6 is 11.6 Å². The van der Waals surface area contributed by atoms with Gasteiger partial charge in [-0.05, 0) is 43.0 Å². The fraction of sp³-hybridized carbons (Fsp3) is 0.333. The molecule has 0 atom stereocenters. The van der Waals surface area contributed by atoms with Gasteiger partial charge in [-0.25, -0.2) is 0 Å². The largest absolute Gasteiger partial charge is 0.457 e. The monoisotopic (exact) mass is 288 g/mol. The van der Waals surface area contributed by atoms with Crippen LogP contribution in [0.1, 0.15) is 42.0 Å². The highest BCUT2D eigenvalue weighted by molar-refractivity contribution is 6.17. The molecule has 0 fully saturated rings. The molecule has 0 aliphatic heterocycles. The van der Waals surface area contributed by atoms with Crippen molar-refractivity contribution in [2.75, 3.05) is 0 Å². The van der Waals surface area contributed by atoms with Gasteiger partial charge >= 0.3 is 0 Å².